The number of halogens is 1. The molecule has 1 saturated carbocycles. The number of hydrogen-bond acceptors (Lipinski definition) is 3. The number of hydrogen-bond donors (Lipinski definition) is 1. The standard InChI is InChI=1S/C12H16ClN3O/c1-16(11(6-14)8-2-3-8)12(17)10-5-4-9(13)7-15-10/h4-5,7-8,11H,2-3,6,14H2,1H3. The predicted octanol–water partition coefficient (Wildman–Crippen LogP) is 1.54. The third-order valence-electron chi connectivity index (χ3n) is 3.17. The normalized spacial score (nSPS) is 16.6. The van der Waals surface area contributed by atoms with Gasteiger partial charge < -0.3 is 10.6 Å². The predicted molar refractivity (Wildman–Crippen MR) is 66.9 cm³/mol. The van der Waals surface area contributed by atoms with Gasteiger partial charge in [-0.05, 0) is 30.9 Å². The minimum absolute atomic E-state index is 0.0935. The van der Waals surface area contributed by atoms with E-state index in [2.05, 4.69) is 4.98 Å². The Balaban J connectivity index is 2.10. The Morgan fingerprint density at radius 1 is 1.65 bits per heavy atom. The van der Waals surface area contributed by atoms with Gasteiger partial charge in [-0.1, -0.05) is 11.6 Å². The summed E-state index contributed by atoms with van der Waals surface area (Å²) in [6.45, 7) is 0.500. The molecule has 1 aliphatic rings. The van der Waals surface area contributed by atoms with E-state index in [4.69, 9.17) is 17.3 Å². The van der Waals surface area contributed by atoms with Crippen molar-refractivity contribution in [1.29, 1.82) is 0 Å². The summed E-state index contributed by atoms with van der Waals surface area (Å²) >= 11 is 5.74. The lowest BCUT2D eigenvalue weighted by Gasteiger charge is -2.26. The fourth-order valence-electron chi connectivity index (χ4n) is 1.98. The van der Waals surface area contributed by atoms with Crippen LogP contribution < -0.4 is 5.73 Å². The third-order valence-corrected chi connectivity index (χ3v) is 3.40. The molecule has 1 aromatic rings. The first-order valence-electron chi connectivity index (χ1n) is 5.72. The maximum absolute atomic E-state index is 12.2. The summed E-state index contributed by atoms with van der Waals surface area (Å²) in [5.74, 6) is 0.463. The first-order valence-corrected chi connectivity index (χ1v) is 6.10. The van der Waals surface area contributed by atoms with Gasteiger partial charge in [-0.25, -0.2) is 4.98 Å². The Bertz CT molecular complexity index is 403. The van der Waals surface area contributed by atoms with Gasteiger partial charge in [-0.2, -0.15) is 0 Å². The molecule has 1 atom stereocenters. The second kappa shape index (κ2) is 5.02. The molecule has 1 amide bonds. The zero-order chi connectivity index (χ0) is 12.4. The molecule has 0 aliphatic heterocycles. The molecule has 0 radical (unpaired) electrons. The maximum atomic E-state index is 12.2. The number of aromatic nitrogens is 1. The summed E-state index contributed by atoms with van der Waals surface area (Å²) in [6.07, 6.45) is 3.80. The van der Waals surface area contributed by atoms with E-state index in [0.29, 0.717) is 23.2 Å². The van der Waals surface area contributed by atoms with Crippen molar-refractivity contribution in [3.63, 3.8) is 0 Å². The lowest BCUT2D eigenvalue weighted by atomic mass is 10.1. The topological polar surface area (TPSA) is 59.2 Å². The van der Waals surface area contributed by atoms with Crippen LogP contribution in [0.5, 0.6) is 0 Å². The molecule has 0 saturated heterocycles. The van der Waals surface area contributed by atoms with Crippen molar-refractivity contribution in [2.45, 2.75) is 18.9 Å². The van der Waals surface area contributed by atoms with E-state index in [1.54, 1.807) is 24.1 Å². The van der Waals surface area contributed by atoms with Crippen molar-refractivity contribution in [2.24, 2.45) is 11.7 Å². The van der Waals surface area contributed by atoms with Crippen LogP contribution in [-0.4, -0.2) is 35.4 Å². The molecule has 92 valence electrons. The van der Waals surface area contributed by atoms with Crippen molar-refractivity contribution in [1.82, 2.24) is 9.88 Å². The molecule has 1 heterocycles. The molecule has 1 unspecified atom stereocenters. The minimum atomic E-state index is -0.0935. The number of pyridine rings is 1. The van der Waals surface area contributed by atoms with Crippen molar-refractivity contribution in [3.05, 3.63) is 29.0 Å². The molecule has 1 aromatic heterocycles. The molecule has 5 heteroatoms. The molecular formula is C12H16ClN3O. The molecule has 2 N–H and O–H groups in total. The van der Waals surface area contributed by atoms with Crippen LogP contribution >= 0.6 is 11.6 Å². The van der Waals surface area contributed by atoms with Crippen molar-refractivity contribution in [2.75, 3.05) is 13.6 Å². The second-order valence-corrected chi connectivity index (χ2v) is 4.85. The number of nitrogens with zero attached hydrogens (tertiary/aromatic N) is 2. The first-order chi connectivity index (χ1) is 8.13. The Kier molecular flexibility index (Phi) is 3.64. The highest BCUT2D eigenvalue weighted by Gasteiger charge is 2.35. The van der Waals surface area contributed by atoms with E-state index in [0.717, 1.165) is 12.8 Å². The van der Waals surface area contributed by atoms with Crippen LogP contribution in [0, 0.1) is 5.92 Å². The van der Waals surface area contributed by atoms with E-state index >= 15 is 0 Å². The summed E-state index contributed by atoms with van der Waals surface area (Å²) in [6, 6.07) is 3.44. The summed E-state index contributed by atoms with van der Waals surface area (Å²) in [5.41, 5.74) is 6.13. The zero-order valence-electron chi connectivity index (χ0n) is 9.77. The molecule has 1 aliphatic carbocycles. The van der Waals surface area contributed by atoms with Crippen molar-refractivity contribution in [3.8, 4) is 0 Å². The average Bonchev–Trinajstić information content (AvgIpc) is 3.14. The summed E-state index contributed by atoms with van der Waals surface area (Å²) in [7, 11) is 1.79. The van der Waals surface area contributed by atoms with E-state index in [9.17, 15) is 4.79 Å². The summed E-state index contributed by atoms with van der Waals surface area (Å²) in [4.78, 5) is 17.9. The molecule has 0 spiro atoms. The largest absolute Gasteiger partial charge is 0.336 e. The molecule has 0 bridgehead atoms. The van der Waals surface area contributed by atoms with Crippen LogP contribution in [-0.2, 0) is 0 Å². The Labute approximate surface area is 106 Å². The van der Waals surface area contributed by atoms with Gasteiger partial charge >= 0.3 is 0 Å². The fourth-order valence-corrected chi connectivity index (χ4v) is 2.09. The van der Waals surface area contributed by atoms with Crippen molar-refractivity contribution >= 4 is 17.5 Å². The van der Waals surface area contributed by atoms with Gasteiger partial charge in [0, 0.05) is 25.8 Å². The second-order valence-electron chi connectivity index (χ2n) is 4.42. The van der Waals surface area contributed by atoms with Gasteiger partial charge in [0.25, 0.3) is 5.91 Å². The molecule has 0 aromatic carbocycles. The van der Waals surface area contributed by atoms with E-state index in [1.807, 2.05) is 0 Å². The van der Waals surface area contributed by atoms with Crippen LogP contribution in [0.15, 0.2) is 18.3 Å². The molecular weight excluding hydrogens is 238 g/mol. The smallest absolute Gasteiger partial charge is 0.272 e. The van der Waals surface area contributed by atoms with Gasteiger partial charge in [-0.15, -0.1) is 0 Å². The number of carbonyl (C=O) groups excluding carboxylic acids is 1. The lowest BCUT2D eigenvalue weighted by Crippen LogP contribution is -2.43. The van der Waals surface area contributed by atoms with Crippen molar-refractivity contribution < 1.29 is 4.79 Å². The Hall–Kier alpha value is -1.13. The van der Waals surface area contributed by atoms with Crippen LogP contribution in [0.3, 0.4) is 0 Å². The molecule has 1 fully saturated rings. The Morgan fingerprint density at radius 3 is 2.82 bits per heavy atom. The summed E-state index contributed by atoms with van der Waals surface area (Å²) < 4.78 is 0. The van der Waals surface area contributed by atoms with Gasteiger partial charge in [0.1, 0.15) is 5.69 Å². The number of amides is 1. The summed E-state index contributed by atoms with van der Waals surface area (Å²) in [5, 5.41) is 0.529. The monoisotopic (exact) mass is 253 g/mol. The highest BCUT2D eigenvalue weighted by molar-refractivity contribution is 6.30. The number of carbonyl (C=O) groups is 1. The van der Waals surface area contributed by atoms with Crippen LogP contribution in [0.1, 0.15) is 23.3 Å². The average molecular weight is 254 g/mol. The van der Waals surface area contributed by atoms with Gasteiger partial charge in [0.05, 0.1) is 5.02 Å². The fraction of sp³-hybridized carbons (Fsp3) is 0.500. The number of nitrogens with two attached hydrogens (primary N) is 1. The van der Waals surface area contributed by atoms with Gasteiger partial charge in [0.15, 0.2) is 0 Å². The van der Waals surface area contributed by atoms with Crippen LogP contribution in [0.25, 0.3) is 0 Å². The molecule has 17 heavy (non-hydrogen) atoms. The highest BCUT2D eigenvalue weighted by atomic mass is 35.5. The number of likely N-dealkylation sites (N-methyl/N-ethyl adjacent to an activating group) is 1. The van der Waals surface area contributed by atoms with E-state index < -0.39 is 0 Å². The SMILES string of the molecule is CN(C(=O)c1ccc(Cl)cn1)C(CN)C1CC1. The maximum Gasteiger partial charge on any atom is 0.272 e. The first kappa shape index (κ1) is 12.3. The van der Waals surface area contributed by atoms with Crippen LogP contribution in [0.4, 0.5) is 0 Å². The van der Waals surface area contributed by atoms with Crippen LogP contribution in [0.2, 0.25) is 5.02 Å². The minimum Gasteiger partial charge on any atom is -0.336 e. The van der Waals surface area contributed by atoms with E-state index in [-0.39, 0.29) is 11.9 Å². The van der Waals surface area contributed by atoms with Gasteiger partial charge in [-0.3, -0.25) is 4.79 Å². The highest BCUT2D eigenvalue weighted by Crippen LogP contribution is 2.34. The Morgan fingerprint density at radius 2 is 2.35 bits per heavy atom. The number of rotatable bonds is 4. The molecule has 4 nitrogen and oxygen atoms in total. The molecule has 2 rings (SSSR count). The third kappa shape index (κ3) is 2.76. The lowest BCUT2D eigenvalue weighted by molar-refractivity contribution is 0.0713. The van der Waals surface area contributed by atoms with E-state index in [1.165, 1.54) is 6.20 Å². The quantitative estimate of drug-likeness (QED) is 0.886. The zero-order valence-corrected chi connectivity index (χ0v) is 10.5. The van der Waals surface area contributed by atoms with Gasteiger partial charge in [0.2, 0.25) is 0 Å².